The molecule has 1 atom stereocenters. The standard InChI is InChI=1S/C21H19N5O2/c1-2-16(26-23-19(22-24-26)15-9-4-3-5-10-15)11-8-14-25-20(27)17-12-6-7-13-18(17)21(25)28/h2-7,9-10,12-13,16H,1,8,11,14H2/t16-/m0/s1. The van der Waals surface area contributed by atoms with Crippen LogP contribution in [-0.2, 0) is 0 Å². The molecule has 0 radical (unpaired) electrons. The van der Waals surface area contributed by atoms with Crippen molar-refractivity contribution >= 4 is 11.8 Å². The smallest absolute Gasteiger partial charge is 0.261 e. The number of allylic oxidation sites excluding steroid dienone is 1. The molecule has 140 valence electrons. The minimum absolute atomic E-state index is 0.167. The topological polar surface area (TPSA) is 81.0 Å². The molecule has 7 heteroatoms. The highest BCUT2D eigenvalue weighted by molar-refractivity contribution is 6.21. The molecule has 1 aliphatic heterocycles. The summed E-state index contributed by atoms with van der Waals surface area (Å²) in [6.45, 7) is 4.20. The number of hydrogen-bond acceptors (Lipinski definition) is 5. The van der Waals surface area contributed by atoms with E-state index in [4.69, 9.17) is 0 Å². The van der Waals surface area contributed by atoms with Crippen LogP contribution in [0, 0.1) is 0 Å². The molecule has 3 aromatic rings. The number of amides is 2. The Morgan fingerprint density at radius 3 is 2.25 bits per heavy atom. The summed E-state index contributed by atoms with van der Waals surface area (Å²) in [5, 5.41) is 12.7. The molecule has 4 rings (SSSR count). The van der Waals surface area contributed by atoms with E-state index in [1.807, 2.05) is 30.3 Å². The van der Waals surface area contributed by atoms with Crippen molar-refractivity contribution in [3.05, 3.63) is 78.4 Å². The Labute approximate surface area is 162 Å². The van der Waals surface area contributed by atoms with Crippen LogP contribution in [0.15, 0.2) is 67.3 Å². The highest BCUT2D eigenvalue weighted by atomic mass is 16.2. The maximum Gasteiger partial charge on any atom is 0.261 e. The van der Waals surface area contributed by atoms with Gasteiger partial charge < -0.3 is 0 Å². The van der Waals surface area contributed by atoms with E-state index in [0.29, 0.717) is 36.3 Å². The van der Waals surface area contributed by atoms with E-state index in [9.17, 15) is 9.59 Å². The maximum atomic E-state index is 12.4. The Hall–Kier alpha value is -3.61. The number of rotatable bonds is 7. The van der Waals surface area contributed by atoms with E-state index < -0.39 is 0 Å². The molecule has 0 saturated carbocycles. The van der Waals surface area contributed by atoms with E-state index >= 15 is 0 Å². The van der Waals surface area contributed by atoms with Crippen LogP contribution in [0.4, 0.5) is 0 Å². The number of tetrazole rings is 1. The molecule has 0 bridgehead atoms. The van der Waals surface area contributed by atoms with Crippen LogP contribution in [0.25, 0.3) is 11.4 Å². The summed E-state index contributed by atoms with van der Waals surface area (Å²) in [6.07, 6.45) is 3.00. The lowest BCUT2D eigenvalue weighted by Gasteiger charge is -2.15. The molecule has 0 fully saturated rings. The van der Waals surface area contributed by atoms with E-state index in [-0.39, 0.29) is 17.9 Å². The molecule has 0 saturated heterocycles. The molecule has 0 unspecified atom stereocenters. The third-order valence-corrected chi connectivity index (χ3v) is 4.79. The summed E-state index contributed by atoms with van der Waals surface area (Å²) in [7, 11) is 0. The molecule has 0 aliphatic carbocycles. The number of carbonyl (C=O) groups is 2. The predicted octanol–water partition coefficient (Wildman–Crippen LogP) is 3.14. The van der Waals surface area contributed by atoms with Crippen LogP contribution < -0.4 is 0 Å². The summed E-state index contributed by atoms with van der Waals surface area (Å²) >= 11 is 0. The largest absolute Gasteiger partial charge is 0.274 e. The second kappa shape index (κ2) is 7.56. The molecule has 0 N–H and O–H groups in total. The van der Waals surface area contributed by atoms with Gasteiger partial charge in [-0.05, 0) is 30.2 Å². The summed E-state index contributed by atoms with van der Waals surface area (Å²) in [4.78, 5) is 27.7. The Morgan fingerprint density at radius 2 is 1.61 bits per heavy atom. The number of carbonyl (C=O) groups excluding carboxylic acids is 2. The molecule has 2 heterocycles. The van der Waals surface area contributed by atoms with Crippen molar-refractivity contribution in [3.63, 3.8) is 0 Å². The Kier molecular flexibility index (Phi) is 4.80. The van der Waals surface area contributed by atoms with Crippen molar-refractivity contribution in [2.75, 3.05) is 6.54 Å². The van der Waals surface area contributed by atoms with Gasteiger partial charge in [-0.1, -0.05) is 48.5 Å². The Bertz CT molecular complexity index is 993. The number of nitrogens with zero attached hydrogens (tertiary/aromatic N) is 5. The van der Waals surface area contributed by atoms with E-state index in [1.54, 1.807) is 30.3 Å². The monoisotopic (exact) mass is 373 g/mol. The second-order valence-corrected chi connectivity index (χ2v) is 6.55. The van der Waals surface area contributed by atoms with Gasteiger partial charge in [-0.25, -0.2) is 0 Å². The highest BCUT2D eigenvalue weighted by Crippen LogP contribution is 2.24. The Balaban J connectivity index is 1.39. The van der Waals surface area contributed by atoms with Crippen molar-refractivity contribution in [2.45, 2.75) is 18.9 Å². The molecule has 1 aromatic heterocycles. The molecule has 1 aliphatic rings. The van der Waals surface area contributed by atoms with Crippen molar-refractivity contribution < 1.29 is 9.59 Å². The lowest BCUT2D eigenvalue weighted by molar-refractivity contribution is 0.0650. The predicted molar refractivity (Wildman–Crippen MR) is 104 cm³/mol. The van der Waals surface area contributed by atoms with Crippen LogP contribution in [0.3, 0.4) is 0 Å². The number of hydrogen-bond donors (Lipinski definition) is 0. The van der Waals surface area contributed by atoms with Crippen LogP contribution >= 0.6 is 0 Å². The van der Waals surface area contributed by atoms with Crippen LogP contribution in [0.5, 0.6) is 0 Å². The van der Waals surface area contributed by atoms with Crippen molar-refractivity contribution in [3.8, 4) is 11.4 Å². The minimum Gasteiger partial charge on any atom is -0.274 e. The summed E-state index contributed by atoms with van der Waals surface area (Å²) in [5.41, 5.74) is 1.83. The van der Waals surface area contributed by atoms with Gasteiger partial charge in [0, 0.05) is 12.1 Å². The van der Waals surface area contributed by atoms with Gasteiger partial charge >= 0.3 is 0 Å². The lowest BCUT2D eigenvalue weighted by Crippen LogP contribution is -2.31. The normalized spacial score (nSPS) is 14.2. The fourth-order valence-corrected chi connectivity index (χ4v) is 3.30. The van der Waals surface area contributed by atoms with E-state index in [0.717, 1.165) is 5.56 Å². The van der Waals surface area contributed by atoms with Gasteiger partial charge in [-0.2, -0.15) is 4.80 Å². The quantitative estimate of drug-likeness (QED) is 0.469. The molecule has 0 spiro atoms. The Morgan fingerprint density at radius 1 is 0.964 bits per heavy atom. The van der Waals surface area contributed by atoms with Gasteiger partial charge in [0.1, 0.15) is 0 Å². The molecule has 7 nitrogen and oxygen atoms in total. The summed E-state index contributed by atoms with van der Waals surface area (Å²) < 4.78 is 0. The fraction of sp³-hybridized carbons (Fsp3) is 0.190. The van der Waals surface area contributed by atoms with Gasteiger partial charge in [0.15, 0.2) is 0 Å². The molecule has 2 amide bonds. The zero-order chi connectivity index (χ0) is 19.5. The van der Waals surface area contributed by atoms with E-state index in [2.05, 4.69) is 22.0 Å². The lowest BCUT2D eigenvalue weighted by atomic mass is 10.1. The third-order valence-electron chi connectivity index (χ3n) is 4.79. The first kappa shape index (κ1) is 17.8. The molecular formula is C21H19N5O2. The minimum atomic E-state index is -0.235. The van der Waals surface area contributed by atoms with Gasteiger partial charge in [-0.15, -0.1) is 16.8 Å². The number of aromatic nitrogens is 4. The fourth-order valence-electron chi connectivity index (χ4n) is 3.30. The number of benzene rings is 2. The van der Waals surface area contributed by atoms with Crippen molar-refractivity contribution in [1.82, 2.24) is 25.1 Å². The summed E-state index contributed by atoms with van der Waals surface area (Å²) in [5.74, 6) is 0.0785. The van der Waals surface area contributed by atoms with Crippen LogP contribution in [0.1, 0.15) is 39.6 Å². The zero-order valence-corrected chi connectivity index (χ0v) is 15.2. The van der Waals surface area contributed by atoms with Crippen LogP contribution in [-0.4, -0.2) is 43.5 Å². The van der Waals surface area contributed by atoms with E-state index in [1.165, 1.54) is 9.70 Å². The number of fused-ring (bicyclic) bond motifs is 1. The first-order chi connectivity index (χ1) is 13.7. The third kappa shape index (κ3) is 3.22. The first-order valence-corrected chi connectivity index (χ1v) is 9.11. The van der Waals surface area contributed by atoms with Gasteiger partial charge in [-0.3, -0.25) is 14.5 Å². The second-order valence-electron chi connectivity index (χ2n) is 6.55. The SMILES string of the molecule is C=C[C@@H](CCCN1C(=O)c2ccccc2C1=O)n1nnc(-c2ccccc2)n1. The van der Waals surface area contributed by atoms with Gasteiger partial charge in [0.05, 0.1) is 17.2 Å². The van der Waals surface area contributed by atoms with Gasteiger partial charge in [0.2, 0.25) is 5.82 Å². The number of imide groups is 1. The first-order valence-electron chi connectivity index (χ1n) is 9.11. The maximum absolute atomic E-state index is 12.4. The van der Waals surface area contributed by atoms with Crippen molar-refractivity contribution in [2.24, 2.45) is 0 Å². The molecule has 2 aromatic carbocycles. The molecule has 28 heavy (non-hydrogen) atoms. The average Bonchev–Trinajstić information content (AvgIpc) is 3.32. The average molecular weight is 373 g/mol. The highest BCUT2D eigenvalue weighted by Gasteiger charge is 2.34. The van der Waals surface area contributed by atoms with Gasteiger partial charge in [0.25, 0.3) is 11.8 Å². The zero-order valence-electron chi connectivity index (χ0n) is 15.2. The van der Waals surface area contributed by atoms with Crippen LogP contribution in [0.2, 0.25) is 0 Å². The molecular weight excluding hydrogens is 354 g/mol. The van der Waals surface area contributed by atoms with Crippen molar-refractivity contribution in [1.29, 1.82) is 0 Å². The summed E-state index contributed by atoms with van der Waals surface area (Å²) in [6, 6.07) is 16.4.